The van der Waals surface area contributed by atoms with Crippen LogP contribution in [-0.4, -0.2) is 19.6 Å². The maximum atomic E-state index is 11.6. The molecule has 1 aromatic carbocycles. The summed E-state index contributed by atoms with van der Waals surface area (Å²) in [6.45, 7) is 5.11. The number of rotatable bonds is 6. The quantitative estimate of drug-likeness (QED) is 0.799. The summed E-state index contributed by atoms with van der Waals surface area (Å²) in [6.07, 6.45) is 2.96. The lowest BCUT2D eigenvalue weighted by Gasteiger charge is -2.14. The van der Waals surface area contributed by atoms with E-state index in [1.807, 2.05) is 0 Å². The first kappa shape index (κ1) is 13.9. The molecular weight excluding hydrogens is 238 g/mol. The first-order valence-corrected chi connectivity index (χ1v) is 6.97. The summed E-state index contributed by atoms with van der Waals surface area (Å²) in [6, 6.07) is 8.48. The minimum absolute atomic E-state index is 0.0866. The summed E-state index contributed by atoms with van der Waals surface area (Å²) in [5.41, 5.74) is 2.16. The van der Waals surface area contributed by atoms with Gasteiger partial charge in [-0.2, -0.15) is 0 Å². The number of ether oxygens (including phenoxy) is 1. The third kappa shape index (κ3) is 3.49. The summed E-state index contributed by atoms with van der Waals surface area (Å²) in [7, 11) is 1.46. The van der Waals surface area contributed by atoms with E-state index in [4.69, 9.17) is 4.74 Å². The molecule has 19 heavy (non-hydrogen) atoms. The van der Waals surface area contributed by atoms with Crippen molar-refractivity contribution in [3.05, 3.63) is 29.8 Å². The van der Waals surface area contributed by atoms with Gasteiger partial charge in [-0.05, 0) is 42.9 Å². The molecule has 1 aliphatic rings. The molecule has 1 saturated carbocycles. The van der Waals surface area contributed by atoms with E-state index in [0.29, 0.717) is 12.5 Å². The van der Waals surface area contributed by atoms with Gasteiger partial charge in [0.1, 0.15) is 0 Å². The Morgan fingerprint density at radius 3 is 2.42 bits per heavy atom. The van der Waals surface area contributed by atoms with Gasteiger partial charge in [0.05, 0.1) is 12.5 Å². The molecule has 0 radical (unpaired) electrons. The van der Waals surface area contributed by atoms with Gasteiger partial charge >= 0.3 is 5.97 Å². The van der Waals surface area contributed by atoms with Gasteiger partial charge in [0.25, 0.3) is 0 Å². The maximum absolute atomic E-state index is 11.6. The minimum atomic E-state index is -0.272. The van der Waals surface area contributed by atoms with E-state index in [1.54, 1.807) is 0 Å². The lowest BCUT2D eigenvalue weighted by molar-refractivity contribution is -0.146. The fourth-order valence-electron chi connectivity index (χ4n) is 2.32. The fraction of sp³-hybridized carbons (Fsp3) is 0.562. The van der Waals surface area contributed by atoms with Gasteiger partial charge in [0.15, 0.2) is 0 Å². The van der Waals surface area contributed by atoms with Crippen molar-refractivity contribution in [2.24, 2.45) is 11.3 Å². The van der Waals surface area contributed by atoms with Crippen LogP contribution in [0.3, 0.4) is 0 Å². The Morgan fingerprint density at radius 1 is 1.32 bits per heavy atom. The van der Waals surface area contributed by atoms with E-state index in [2.05, 4.69) is 43.4 Å². The molecule has 0 unspecified atom stereocenters. The van der Waals surface area contributed by atoms with E-state index in [0.717, 1.165) is 24.9 Å². The van der Waals surface area contributed by atoms with Gasteiger partial charge in [-0.15, -0.1) is 0 Å². The Hall–Kier alpha value is -1.51. The topological polar surface area (TPSA) is 38.3 Å². The third-order valence-corrected chi connectivity index (χ3v) is 3.70. The van der Waals surface area contributed by atoms with Crippen molar-refractivity contribution in [1.29, 1.82) is 0 Å². The number of hydrogen-bond donors (Lipinski definition) is 1. The number of benzene rings is 1. The smallest absolute Gasteiger partial charge is 0.313 e. The first-order chi connectivity index (χ1) is 9.05. The van der Waals surface area contributed by atoms with Crippen LogP contribution < -0.4 is 5.32 Å². The Morgan fingerprint density at radius 2 is 1.95 bits per heavy atom. The van der Waals surface area contributed by atoms with Crippen molar-refractivity contribution in [1.82, 2.24) is 0 Å². The largest absolute Gasteiger partial charge is 0.469 e. The lowest BCUT2D eigenvalue weighted by atomic mass is 10.0. The van der Waals surface area contributed by atoms with Gasteiger partial charge in [-0.1, -0.05) is 26.0 Å². The molecule has 1 aliphatic carbocycles. The van der Waals surface area contributed by atoms with Crippen LogP contribution in [0.15, 0.2) is 24.3 Å². The Bertz CT molecular complexity index is 433. The molecule has 0 atom stereocenters. The lowest BCUT2D eigenvalue weighted by Crippen LogP contribution is -2.25. The van der Waals surface area contributed by atoms with Gasteiger partial charge in [0.2, 0.25) is 0 Å². The van der Waals surface area contributed by atoms with Gasteiger partial charge in [-0.3, -0.25) is 4.79 Å². The normalized spacial score (nSPS) is 16.2. The summed E-state index contributed by atoms with van der Waals surface area (Å²) in [5, 5.41) is 3.34. The summed E-state index contributed by atoms with van der Waals surface area (Å²) in [5.74, 6) is 0.587. The van der Waals surface area contributed by atoms with Crippen LogP contribution in [0.25, 0.3) is 0 Å². The van der Waals surface area contributed by atoms with Crippen LogP contribution >= 0.6 is 0 Å². The van der Waals surface area contributed by atoms with Gasteiger partial charge in [-0.25, -0.2) is 0 Å². The monoisotopic (exact) mass is 261 g/mol. The van der Waals surface area contributed by atoms with E-state index < -0.39 is 0 Å². The average molecular weight is 261 g/mol. The van der Waals surface area contributed by atoms with E-state index in [1.165, 1.54) is 12.7 Å². The molecule has 2 rings (SSSR count). The van der Waals surface area contributed by atoms with Crippen LogP contribution in [0.1, 0.15) is 32.3 Å². The molecule has 1 N–H and O–H groups in total. The van der Waals surface area contributed by atoms with Crippen molar-refractivity contribution in [2.45, 2.75) is 33.1 Å². The second-order valence-electron chi connectivity index (χ2n) is 5.92. The molecule has 104 valence electrons. The van der Waals surface area contributed by atoms with Crippen molar-refractivity contribution >= 4 is 11.7 Å². The number of carbonyl (C=O) groups is 1. The van der Waals surface area contributed by atoms with Crippen molar-refractivity contribution in [2.75, 3.05) is 19.0 Å². The highest BCUT2D eigenvalue weighted by atomic mass is 16.5. The Labute approximate surface area is 115 Å². The van der Waals surface area contributed by atoms with E-state index in [9.17, 15) is 4.79 Å². The number of carbonyl (C=O) groups excluding carboxylic acids is 1. The number of hydrogen-bond acceptors (Lipinski definition) is 3. The number of anilines is 1. The molecule has 3 nitrogen and oxygen atoms in total. The van der Waals surface area contributed by atoms with E-state index >= 15 is 0 Å². The highest BCUT2D eigenvalue weighted by Crippen LogP contribution is 2.46. The Kier molecular flexibility index (Phi) is 4.13. The third-order valence-electron chi connectivity index (χ3n) is 3.70. The summed E-state index contributed by atoms with van der Waals surface area (Å²) < 4.78 is 4.85. The number of nitrogens with one attached hydrogen (secondary N) is 1. The highest BCUT2D eigenvalue weighted by molar-refractivity contribution is 5.80. The van der Waals surface area contributed by atoms with Crippen molar-refractivity contribution in [3.63, 3.8) is 0 Å². The predicted octanol–water partition coefficient (Wildman–Crippen LogP) is 3.25. The van der Waals surface area contributed by atoms with Gasteiger partial charge in [0, 0.05) is 12.2 Å². The van der Waals surface area contributed by atoms with Crippen molar-refractivity contribution in [3.8, 4) is 0 Å². The second kappa shape index (κ2) is 5.64. The number of esters is 1. The molecule has 0 spiro atoms. The zero-order valence-electron chi connectivity index (χ0n) is 12.0. The zero-order valence-corrected chi connectivity index (χ0v) is 12.0. The van der Waals surface area contributed by atoms with E-state index in [-0.39, 0.29) is 11.4 Å². The van der Waals surface area contributed by atoms with Crippen LogP contribution in [0, 0.1) is 11.3 Å². The molecule has 0 saturated heterocycles. The SMILES string of the molecule is COC(=O)C1(CNc2ccc(CC(C)C)cc2)CC1. The molecular formula is C16H23NO2. The molecule has 0 heterocycles. The molecule has 0 amide bonds. The highest BCUT2D eigenvalue weighted by Gasteiger charge is 2.50. The maximum Gasteiger partial charge on any atom is 0.313 e. The fourth-order valence-corrected chi connectivity index (χ4v) is 2.32. The average Bonchev–Trinajstić information content (AvgIpc) is 3.17. The van der Waals surface area contributed by atoms with Crippen LogP contribution in [0.5, 0.6) is 0 Å². The molecule has 0 aromatic heterocycles. The molecule has 3 heteroatoms. The summed E-state index contributed by atoms with van der Waals surface area (Å²) in [4.78, 5) is 11.6. The predicted molar refractivity (Wildman–Crippen MR) is 77.2 cm³/mol. The second-order valence-corrected chi connectivity index (χ2v) is 5.92. The van der Waals surface area contributed by atoms with Gasteiger partial charge < -0.3 is 10.1 Å². The number of methoxy groups -OCH3 is 1. The summed E-state index contributed by atoms with van der Waals surface area (Å²) >= 11 is 0. The first-order valence-electron chi connectivity index (χ1n) is 6.97. The zero-order chi connectivity index (χ0) is 13.9. The van der Waals surface area contributed by atoms with Crippen LogP contribution in [0.2, 0.25) is 0 Å². The molecule has 0 bridgehead atoms. The Balaban J connectivity index is 1.88. The minimum Gasteiger partial charge on any atom is -0.469 e. The standard InChI is InChI=1S/C16H23NO2/c1-12(2)10-13-4-6-14(7-5-13)17-11-16(8-9-16)15(18)19-3/h4-7,12,17H,8-11H2,1-3H3. The molecule has 1 fully saturated rings. The molecule has 0 aliphatic heterocycles. The van der Waals surface area contributed by atoms with Crippen molar-refractivity contribution < 1.29 is 9.53 Å². The van der Waals surface area contributed by atoms with Crippen LogP contribution in [0.4, 0.5) is 5.69 Å². The molecule has 1 aromatic rings. The van der Waals surface area contributed by atoms with Crippen LogP contribution in [-0.2, 0) is 16.0 Å².